The highest BCUT2D eigenvalue weighted by atomic mass is 16.7. The lowest BCUT2D eigenvalue weighted by molar-refractivity contribution is -0.486. The summed E-state index contributed by atoms with van der Waals surface area (Å²) in [7, 11) is 0. The van der Waals surface area contributed by atoms with E-state index < -0.39 is 11.1 Å². The summed E-state index contributed by atoms with van der Waals surface area (Å²) in [5.41, 5.74) is 1.84. The first-order valence-electron chi connectivity index (χ1n) is 9.91. The number of benzene rings is 1. The van der Waals surface area contributed by atoms with Crippen LogP contribution in [0.3, 0.4) is 0 Å². The summed E-state index contributed by atoms with van der Waals surface area (Å²) in [5.74, 6) is 0.265. The molecule has 2 aliphatic heterocycles. The van der Waals surface area contributed by atoms with Gasteiger partial charge >= 0.3 is 6.09 Å². The highest BCUT2D eigenvalue weighted by Crippen LogP contribution is 2.30. The first kappa shape index (κ1) is 21.0. The molecule has 0 bridgehead atoms. The quantitative estimate of drug-likeness (QED) is 0.534. The minimum absolute atomic E-state index is 0.0343. The fraction of sp³-hybridized carbons (Fsp3) is 0.600. The normalized spacial score (nSPS) is 22.3. The lowest BCUT2D eigenvalue weighted by Gasteiger charge is -2.22. The van der Waals surface area contributed by atoms with Crippen molar-refractivity contribution in [2.45, 2.75) is 45.8 Å². The Balaban J connectivity index is 1.64. The Labute approximate surface area is 170 Å². The van der Waals surface area contributed by atoms with Crippen LogP contribution in [0, 0.1) is 16.0 Å². The van der Waals surface area contributed by atoms with Gasteiger partial charge in [0.2, 0.25) is 0 Å². The zero-order valence-corrected chi connectivity index (χ0v) is 17.2. The zero-order valence-electron chi connectivity index (χ0n) is 17.2. The van der Waals surface area contributed by atoms with Crippen LogP contribution in [-0.4, -0.2) is 58.7 Å². The molecule has 3 rings (SSSR count). The van der Waals surface area contributed by atoms with E-state index in [1.165, 1.54) is 4.90 Å². The van der Waals surface area contributed by atoms with Crippen molar-refractivity contribution < 1.29 is 19.3 Å². The number of amides is 1. The minimum atomic E-state index is -0.770. The number of carbonyl (C=O) groups excluding carboxylic acids is 1. The maximum absolute atomic E-state index is 12.6. The Morgan fingerprint density at radius 1 is 1.38 bits per heavy atom. The van der Waals surface area contributed by atoms with Crippen LogP contribution in [0.2, 0.25) is 0 Å². The molecular weight excluding hydrogens is 376 g/mol. The van der Waals surface area contributed by atoms with Gasteiger partial charge in [-0.3, -0.25) is 0 Å². The van der Waals surface area contributed by atoms with Crippen LogP contribution < -0.4 is 0 Å². The molecule has 9 heteroatoms. The molecule has 0 aliphatic carbocycles. The third kappa shape index (κ3) is 5.44. The number of ether oxygens (including phenoxy) is 2. The maximum Gasteiger partial charge on any atom is 0.417 e. The summed E-state index contributed by atoms with van der Waals surface area (Å²) in [5, 5.41) is 13.7. The number of nitro groups is 1. The molecule has 0 N–H and O–H groups in total. The third-order valence-electron chi connectivity index (χ3n) is 5.24. The van der Waals surface area contributed by atoms with Crippen molar-refractivity contribution >= 4 is 12.1 Å². The third-order valence-corrected chi connectivity index (χ3v) is 5.24. The molecule has 0 aromatic heterocycles. The van der Waals surface area contributed by atoms with Gasteiger partial charge in [-0.2, -0.15) is 0 Å². The van der Waals surface area contributed by atoms with Gasteiger partial charge < -0.3 is 14.4 Å². The number of guanidine groups is 1. The molecule has 2 saturated heterocycles. The lowest BCUT2D eigenvalue weighted by Crippen LogP contribution is -2.40. The molecule has 0 spiro atoms. The molecule has 0 radical (unpaired) electrons. The Morgan fingerprint density at radius 3 is 2.79 bits per heavy atom. The smallest absolute Gasteiger partial charge is 0.417 e. The second kappa shape index (κ2) is 8.77. The molecule has 0 saturated carbocycles. The van der Waals surface area contributed by atoms with Gasteiger partial charge in [-0.1, -0.05) is 31.2 Å². The molecule has 1 unspecified atom stereocenters. The average Bonchev–Trinajstić information content (AvgIpc) is 3.22. The van der Waals surface area contributed by atoms with Crippen LogP contribution in [0.25, 0.3) is 0 Å². The van der Waals surface area contributed by atoms with E-state index in [2.05, 4.69) is 12.0 Å². The van der Waals surface area contributed by atoms with E-state index in [1.54, 1.807) is 4.90 Å². The topological polar surface area (TPSA) is 97.5 Å². The van der Waals surface area contributed by atoms with Crippen LogP contribution >= 0.6 is 0 Å². The SMILES string of the molecule is CCc1cccc(COC(=O)N2CCN(CC3COC(C)(C)C3)C2=N[N+](=O)[O-])c1. The number of rotatable bonds is 6. The second-order valence-corrected chi connectivity index (χ2v) is 8.10. The highest BCUT2D eigenvalue weighted by molar-refractivity contribution is 5.95. The molecule has 2 aliphatic rings. The minimum Gasteiger partial charge on any atom is -0.444 e. The van der Waals surface area contributed by atoms with Gasteiger partial charge in [0.05, 0.1) is 18.8 Å². The van der Waals surface area contributed by atoms with E-state index in [1.807, 2.05) is 38.1 Å². The summed E-state index contributed by atoms with van der Waals surface area (Å²) in [6, 6.07) is 7.80. The van der Waals surface area contributed by atoms with Gasteiger partial charge in [-0.25, -0.2) is 19.8 Å². The Kier molecular flexibility index (Phi) is 6.36. The van der Waals surface area contributed by atoms with Crippen molar-refractivity contribution in [2.24, 2.45) is 11.0 Å². The average molecular weight is 404 g/mol. The van der Waals surface area contributed by atoms with Crippen LogP contribution in [0.5, 0.6) is 0 Å². The predicted molar refractivity (Wildman–Crippen MR) is 107 cm³/mol. The molecule has 2 fully saturated rings. The zero-order chi connectivity index (χ0) is 21.0. The molecule has 158 valence electrons. The molecule has 2 heterocycles. The van der Waals surface area contributed by atoms with Crippen LogP contribution in [0.4, 0.5) is 4.79 Å². The molecule has 1 aromatic rings. The van der Waals surface area contributed by atoms with E-state index in [-0.39, 0.29) is 24.1 Å². The number of carbonyl (C=O) groups is 1. The van der Waals surface area contributed by atoms with Crippen molar-refractivity contribution in [1.29, 1.82) is 0 Å². The van der Waals surface area contributed by atoms with Crippen LogP contribution in [0.15, 0.2) is 29.4 Å². The van der Waals surface area contributed by atoms with E-state index >= 15 is 0 Å². The highest BCUT2D eigenvalue weighted by Gasteiger charge is 2.39. The number of hydrogen-bond donors (Lipinski definition) is 0. The molecule has 29 heavy (non-hydrogen) atoms. The van der Waals surface area contributed by atoms with E-state index in [0.717, 1.165) is 24.0 Å². The van der Waals surface area contributed by atoms with Crippen molar-refractivity contribution in [3.8, 4) is 0 Å². The van der Waals surface area contributed by atoms with Gasteiger partial charge in [0.25, 0.3) is 5.96 Å². The standard InChI is InChI=1S/C20H28N4O5/c1-4-15-6-5-7-16(10-15)13-28-19(25)23-9-8-22(18(23)21-24(26)27)12-17-11-20(2,3)29-14-17/h5-7,10,17H,4,8-9,11-14H2,1-3H3. The molecular formula is C20H28N4O5. The first-order valence-corrected chi connectivity index (χ1v) is 9.91. The lowest BCUT2D eigenvalue weighted by atomic mass is 9.97. The van der Waals surface area contributed by atoms with Crippen molar-refractivity contribution in [3.63, 3.8) is 0 Å². The van der Waals surface area contributed by atoms with Gasteiger partial charge in [-0.15, -0.1) is 0 Å². The fourth-order valence-electron chi connectivity index (χ4n) is 3.88. The van der Waals surface area contributed by atoms with Crippen LogP contribution in [0.1, 0.15) is 38.3 Å². The Hall–Kier alpha value is -2.68. The number of nitrogens with zero attached hydrogens (tertiary/aromatic N) is 4. The summed E-state index contributed by atoms with van der Waals surface area (Å²) < 4.78 is 11.2. The molecule has 1 atom stereocenters. The first-order chi connectivity index (χ1) is 13.8. The predicted octanol–water partition coefficient (Wildman–Crippen LogP) is 2.87. The molecule has 9 nitrogen and oxygen atoms in total. The second-order valence-electron chi connectivity index (χ2n) is 8.10. The van der Waals surface area contributed by atoms with Gasteiger partial charge in [0, 0.05) is 19.0 Å². The fourth-order valence-corrected chi connectivity index (χ4v) is 3.88. The summed E-state index contributed by atoms with van der Waals surface area (Å²) in [6.45, 7) is 8.15. The van der Waals surface area contributed by atoms with Crippen molar-refractivity contribution in [3.05, 3.63) is 45.5 Å². The van der Waals surface area contributed by atoms with Gasteiger partial charge in [0.1, 0.15) is 11.7 Å². The molecule has 1 amide bonds. The van der Waals surface area contributed by atoms with Crippen molar-refractivity contribution in [2.75, 3.05) is 26.2 Å². The summed E-state index contributed by atoms with van der Waals surface area (Å²) in [4.78, 5) is 26.7. The monoisotopic (exact) mass is 404 g/mol. The van der Waals surface area contributed by atoms with Crippen molar-refractivity contribution in [1.82, 2.24) is 9.80 Å². The maximum atomic E-state index is 12.6. The van der Waals surface area contributed by atoms with E-state index in [9.17, 15) is 14.9 Å². The van der Waals surface area contributed by atoms with Crippen LogP contribution in [-0.2, 0) is 22.5 Å². The number of hydrogen-bond acceptors (Lipinski definition) is 5. The van der Waals surface area contributed by atoms with E-state index in [0.29, 0.717) is 26.2 Å². The largest absolute Gasteiger partial charge is 0.444 e. The Morgan fingerprint density at radius 2 is 2.14 bits per heavy atom. The van der Waals surface area contributed by atoms with Gasteiger partial charge in [-0.05, 0) is 37.8 Å². The van der Waals surface area contributed by atoms with E-state index in [4.69, 9.17) is 9.47 Å². The Bertz CT molecular complexity index is 795. The number of aryl methyl sites for hydroxylation is 1. The molecule has 1 aromatic carbocycles. The number of hydrazone groups is 1. The summed E-state index contributed by atoms with van der Waals surface area (Å²) >= 11 is 0. The summed E-state index contributed by atoms with van der Waals surface area (Å²) in [6.07, 6.45) is 1.12. The van der Waals surface area contributed by atoms with Gasteiger partial charge in [0.15, 0.2) is 5.03 Å².